The highest BCUT2D eigenvalue weighted by Crippen LogP contribution is 2.26. The number of nitrogens with one attached hydrogen (secondary N) is 1. The van der Waals surface area contributed by atoms with E-state index in [1.807, 2.05) is 11.9 Å². The Kier molecular flexibility index (Phi) is 4.39. The lowest BCUT2D eigenvalue weighted by Crippen LogP contribution is -2.51. The van der Waals surface area contributed by atoms with Crippen LogP contribution in [0.1, 0.15) is 30.1 Å². The van der Waals surface area contributed by atoms with Gasteiger partial charge in [0.25, 0.3) is 5.91 Å². The summed E-state index contributed by atoms with van der Waals surface area (Å²) in [6.07, 6.45) is 1.88. The Morgan fingerprint density at radius 2 is 1.95 bits per heavy atom. The zero-order chi connectivity index (χ0) is 14.0. The van der Waals surface area contributed by atoms with Crippen LogP contribution in [0.2, 0.25) is 10.0 Å². The Balaban J connectivity index is 2.11. The first-order valence-electron chi connectivity index (χ1n) is 6.38. The Labute approximate surface area is 123 Å². The predicted molar refractivity (Wildman–Crippen MR) is 79.1 cm³/mol. The minimum atomic E-state index is -0.0364. The van der Waals surface area contributed by atoms with Gasteiger partial charge in [-0.3, -0.25) is 4.79 Å². The standard InChI is InChI=1S/C14H18Cl2N2O/c1-14(17-2)5-7-18(8-6-14)13(19)11-9-10(15)3-4-12(11)16/h3-4,9,17H,5-8H2,1-2H3. The number of halogens is 2. The van der Waals surface area contributed by atoms with Crippen LogP contribution in [0, 0.1) is 0 Å². The molecule has 0 saturated carbocycles. The van der Waals surface area contributed by atoms with E-state index in [2.05, 4.69) is 12.2 Å². The molecule has 0 unspecified atom stereocenters. The van der Waals surface area contributed by atoms with E-state index >= 15 is 0 Å². The van der Waals surface area contributed by atoms with Crippen molar-refractivity contribution in [1.29, 1.82) is 0 Å². The first-order valence-corrected chi connectivity index (χ1v) is 7.14. The molecule has 0 radical (unpaired) electrons. The van der Waals surface area contributed by atoms with Gasteiger partial charge >= 0.3 is 0 Å². The molecule has 0 atom stereocenters. The van der Waals surface area contributed by atoms with E-state index in [1.54, 1.807) is 18.2 Å². The van der Waals surface area contributed by atoms with Crippen LogP contribution in [0.15, 0.2) is 18.2 Å². The van der Waals surface area contributed by atoms with Crippen LogP contribution in [-0.2, 0) is 0 Å². The molecule has 0 aromatic heterocycles. The molecule has 0 spiro atoms. The van der Waals surface area contributed by atoms with Gasteiger partial charge in [0.1, 0.15) is 0 Å². The molecule has 1 N–H and O–H groups in total. The van der Waals surface area contributed by atoms with Crippen LogP contribution in [0.3, 0.4) is 0 Å². The molecule has 3 nitrogen and oxygen atoms in total. The molecule has 1 heterocycles. The average molecular weight is 301 g/mol. The summed E-state index contributed by atoms with van der Waals surface area (Å²) in [6, 6.07) is 4.99. The van der Waals surface area contributed by atoms with E-state index in [4.69, 9.17) is 23.2 Å². The van der Waals surface area contributed by atoms with E-state index in [0.717, 1.165) is 25.9 Å². The largest absolute Gasteiger partial charge is 0.338 e. The normalized spacial score (nSPS) is 18.4. The van der Waals surface area contributed by atoms with Crippen molar-refractivity contribution in [3.63, 3.8) is 0 Å². The smallest absolute Gasteiger partial charge is 0.255 e. The van der Waals surface area contributed by atoms with Crippen LogP contribution in [0.25, 0.3) is 0 Å². The summed E-state index contributed by atoms with van der Waals surface area (Å²) >= 11 is 12.0. The molecule has 1 fully saturated rings. The molecule has 1 saturated heterocycles. The van der Waals surface area contributed by atoms with Gasteiger partial charge in [-0.1, -0.05) is 23.2 Å². The first-order chi connectivity index (χ1) is 8.95. The summed E-state index contributed by atoms with van der Waals surface area (Å²) in [5.41, 5.74) is 0.608. The fourth-order valence-electron chi connectivity index (χ4n) is 2.29. The van der Waals surface area contributed by atoms with Gasteiger partial charge in [0.15, 0.2) is 0 Å². The molecule has 1 aromatic rings. The molecule has 0 aliphatic carbocycles. The molecule has 1 aliphatic rings. The number of amides is 1. The first kappa shape index (κ1) is 14.6. The summed E-state index contributed by atoms with van der Waals surface area (Å²) < 4.78 is 0. The van der Waals surface area contributed by atoms with Crippen molar-refractivity contribution < 1.29 is 4.79 Å². The van der Waals surface area contributed by atoms with Gasteiger partial charge in [-0.05, 0) is 45.0 Å². The molecule has 2 rings (SSSR count). The molecule has 104 valence electrons. The maximum atomic E-state index is 12.4. The van der Waals surface area contributed by atoms with E-state index in [9.17, 15) is 4.79 Å². The maximum Gasteiger partial charge on any atom is 0.255 e. The molecule has 5 heteroatoms. The summed E-state index contributed by atoms with van der Waals surface area (Å²) in [5, 5.41) is 4.30. The van der Waals surface area contributed by atoms with Crippen molar-refractivity contribution in [1.82, 2.24) is 10.2 Å². The lowest BCUT2D eigenvalue weighted by molar-refractivity contribution is 0.0662. The lowest BCUT2D eigenvalue weighted by atomic mass is 9.89. The number of hydrogen-bond donors (Lipinski definition) is 1. The SMILES string of the molecule is CNC1(C)CCN(C(=O)c2cc(Cl)ccc2Cl)CC1. The molecule has 1 aromatic carbocycles. The van der Waals surface area contributed by atoms with Crippen LogP contribution in [0.4, 0.5) is 0 Å². The fraction of sp³-hybridized carbons (Fsp3) is 0.500. The minimum absolute atomic E-state index is 0.0364. The van der Waals surface area contributed by atoms with Crippen LogP contribution < -0.4 is 5.32 Å². The molecular formula is C14H18Cl2N2O. The zero-order valence-electron chi connectivity index (χ0n) is 11.2. The van der Waals surface area contributed by atoms with Gasteiger partial charge in [0.05, 0.1) is 10.6 Å². The second-order valence-electron chi connectivity index (χ2n) is 5.23. The van der Waals surface area contributed by atoms with Gasteiger partial charge in [-0.2, -0.15) is 0 Å². The molecule has 19 heavy (non-hydrogen) atoms. The van der Waals surface area contributed by atoms with Crippen molar-refractivity contribution in [3.8, 4) is 0 Å². The van der Waals surface area contributed by atoms with Gasteiger partial charge < -0.3 is 10.2 Å². The zero-order valence-corrected chi connectivity index (χ0v) is 12.7. The van der Waals surface area contributed by atoms with Crippen molar-refractivity contribution in [2.24, 2.45) is 0 Å². The maximum absolute atomic E-state index is 12.4. The van der Waals surface area contributed by atoms with Crippen LogP contribution in [0.5, 0.6) is 0 Å². The van der Waals surface area contributed by atoms with Crippen molar-refractivity contribution in [2.75, 3.05) is 20.1 Å². The lowest BCUT2D eigenvalue weighted by Gasteiger charge is -2.39. The average Bonchev–Trinajstić information content (AvgIpc) is 2.42. The van der Waals surface area contributed by atoms with Gasteiger partial charge in [0.2, 0.25) is 0 Å². The molecule has 0 bridgehead atoms. The summed E-state index contributed by atoms with van der Waals surface area (Å²) in [7, 11) is 1.96. The van der Waals surface area contributed by atoms with E-state index in [-0.39, 0.29) is 11.4 Å². The molecular weight excluding hydrogens is 283 g/mol. The number of benzene rings is 1. The third-order valence-corrected chi connectivity index (χ3v) is 4.48. The predicted octanol–water partition coefficient (Wildman–Crippen LogP) is 3.21. The minimum Gasteiger partial charge on any atom is -0.338 e. The highest BCUT2D eigenvalue weighted by Gasteiger charge is 2.31. The molecule has 1 aliphatic heterocycles. The monoisotopic (exact) mass is 300 g/mol. The Bertz CT molecular complexity index is 482. The van der Waals surface area contributed by atoms with E-state index in [1.165, 1.54) is 0 Å². The highest BCUT2D eigenvalue weighted by molar-refractivity contribution is 6.35. The number of nitrogens with zero attached hydrogens (tertiary/aromatic N) is 1. The van der Waals surface area contributed by atoms with E-state index in [0.29, 0.717) is 15.6 Å². The quantitative estimate of drug-likeness (QED) is 0.909. The fourth-order valence-corrected chi connectivity index (χ4v) is 2.66. The van der Waals surface area contributed by atoms with Crippen molar-refractivity contribution >= 4 is 29.1 Å². The van der Waals surface area contributed by atoms with Crippen LogP contribution >= 0.6 is 23.2 Å². The topological polar surface area (TPSA) is 32.3 Å². The Morgan fingerprint density at radius 1 is 1.32 bits per heavy atom. The number of carbonyl (C=O) groups is 1. The summed E-state index contributed by atoms with van der Waals surface area (Å²) in [6.45, 7) is 3.65. The number of hydrogen-bond acceptors (Lipinski definition) is 2. The number of rotatable bonds is 2. The number of piperidine rings is 1. The van der Waals surface area contributed by atoms with Crippen molar-refractivity contribution in [3.05, 3.63) is 33.8 Å². The second-order valence-corrected chi connectivity index (χ2v) is 6.07. The molecule has 1 amide bonds. The van der Waals surface area contributed by atoms with Gasteiger partial charge in [-0.25, -0.2) is 0 Å². The second kappa shape index (κ2) is 5.70. The number of carbonyl (C=O) groups excluding carboxylic acids is 1. The van der Waals surface area contributed by atoms with Crippen LogP contribution in [-0.4, -0.2) is 36.5 Å². The summed E-state index contributed by atoms with van der Waals surface area (Å²) in [5.74, 6) is -0.0364. The van der Waals surface area contributed by atoms with Gasteiger partial charge in [0, 0.05) is 23.7 Å². The van der Waals surface area contributed by atoms with Crippen molar-refractivity contribution in [2.45, 2.75) is 25.3 Å². The third-order valence-electron chi connectivity index (χ3n) is 3.92. The summed E-state index contributed by atoms with van der Waals surface area (Å²) in [4.78, 5) is 14.3. The van der Waals surface area contributed by atoms with E-state index < -0.39 is 0 Å². The Hall–Kier alpha value is -0.770. The third kappa shape index (κ3) is 3.22. The highest BCUT2D eigenvalue weighted by atomic mass is 35.5. The van der Waals surface area contributed by atoms with Gasteiger partial charge in [-0.15, -0.1) is 0 Å². The Morgan fingerprint density at radius 3 is 2.53 bits per heavy atom. The number of likely N-dealkylation sites (tertiary alicyclic amines) is 1.